The molecule has 1 atom stereocenters. The lowest BCUT2D eigenvalue weighted by molar-refractivity contribution is 0.0730. The molecular weight excluding hydrogens is 430 g/mol. The first-order valence-corrected chi connectivity index (χ1v) is 11.2. The predicted octanol–water partition coefficient (Wildman–Crippen LogP) is 4.91. The van der Waals surface area contributed by atoms with Crippen molar-refractivity contribution in [3.63, 3.8) is 0 Å². The number of aryl methyl sites for hydroxylation is 2. The van der Waals surface area contributed by atoms with Crippen molar-refractivity contribution in [2.24, 2.45) is 0 Å². The molecule has 0 spiro atoms. The van der Waals surface area contributed by atoms with Gasteiger partial charge in [0.1, 0.15) is 17.1 Å². The summed E-state index contributed by atoms with van der Waals surface area (Å²) in [5.41, 5.74) is 4.34. The topological polar surface area (TPSA) is 80.0 Å². The van der Waals surface area contributed by atoms with Gasteiger partial charge in [-0.2, -0.15) is 0 Å². The van der Waals surface area contributed by atoms with Crippen LogP contribution in [0.15, 0.2) is 69.9 Å². The van der Waals surface area contributed by atoms with E-state index in [-0.39, 0.29) is 22.8 Å². The number of hydrogen-bond acceptors (Lipinski definition) is 5. The molecule has 1 aliphatic rings. The fourth-order valence-electron chi connectivity index (χ4n) is 4.55. The molecule has 172 valence electrons. The Morgan fingerprint density at radius 2 is 1.65 bits per heavy atom. The van der Waals surface area contributed by atoms with Gasteiger partial charge < -0.3 is 19.2 Å². The summed E-state index contributed by atoms with van der Waals surface area (Å²) in [4.78, 5) is 28.9. The first-order valence-electron chi connectivity index (χ1n) is 11.2. The van der Waals surface area contributed by atoms with Gasteiger partial charge in [0.05, 0.1) is 24.1 Å². The molecule has 0 saturated carbocycles. The van der Waals surface area contributed by atoms with Crippen molar-refractivity contribution in [3.8, 4) is 11.5 Å². The number of rotatable bonds is 5. The summed E-state index contributed by atoms with van der Waals surface area (Å²) in [6.45, 7) is 4.30. The van der Waals surface area contributed by atoms with Crippen LogP contribution in [0.2, 0.25) is 0 Å². The number of aromatic hydroxyl groups is 1. The van der Waals surface area contributed by atoms with Gasteiger partial charge in [0, 0.05) is 6.54 Å². The molecule has 0 radical (unpaired) electrons. The van der Waals surface area contributed by atoms with Crippen molar-refractivity contribution in [1.82, 2.24) is 4.90 Å². The first kappa shape index (κ1) is 21.8. The molecule has 4 aromatic rings. The lowest BCUT2D eigenvalue weighted by atomic mass is 9.97. The molecule has 2 heterocycles. The molecule has 3 aromatic carbocycles. The zero-order valence-corrected chi connectivity index (χ0v) is 19.3. The lowest BCUT2D eigenvalue weighted by Crippen LogP contribution is -2.31. The second-order valence-electron chi connectivity index (χ2n) is 8.70. The molecule has 1 amide bonds. The summed E-state index contributed by atoms with van der Waals surface area (Å²) >= 11 is 0. The third kappa shape index (κ3) is 3.61. The minimum Gasteiger partial charge on any atom is -0.508 e. The van der Waals surface area contributed by atoms with Crippen molar-refractivity contribution in [1.29, 1.82) is 0 Å². The molecule has 1 aliphatic heterocycles. The molecule has 5 rings (SSSR count). The van der Waals surface area contributed by atoms with E-state index >= 15 is 0 Å². The van der Waals surface area contributed by atoms with Gasteiger partial charge in [-0.1, -0.05) is 24.3 Å². The predicted molar refractivity (Wildman–Crippen MR) is 130 cm³/mol. The summed E-state index contributed by atoms with van der Waals surface area (Å²) < 4.78 is 11.3. The number of carbonyl (C=O) groups is 1. The number of amides is 1. The van der Waals surface area contributed by atoms with Gasteiger partial charge in [-0.15, -0.1) is 0 Å². The molecular formula is C28H25NO5. The average molecular weight is 456 g/mol. The average Bonchev–Trinajstić information content (AvgIpc) is 3.11. The van der Waals surface area contributed by atoms with Crippen molar-refractivity contribution < 1.29 is 19.1 Å². The second kappa shape index (κ2) is 8.37. The van der Waals surface area contributed by atoms with Crippen molar-refractivity contribution >= 4 is 16.9 Å². The van der Waals surface area contributed by atoms with Gasteiger partial charge in [0.15, 0.2) is 5.43 Å². The summed E-state index contributed by atoms with van der Waals surface area (Å²) in [5, 5.41) is 10.3. The summed E-state index contributed by atoms with van der Waals surface area (Å²) in [6.07, 6.45) is 0.601. The number of phenols is 1. The maximum Gasteiger partial charge on any atom is 0.290 e. The molecule has 6 nitrogen and oxygen atoms in total. The standard InChI is InChI=1S/C28H25NO5/c1-16-14-22-23(15-17(16)2)34-27-24(26(22)31)25(19-6-8-20(30)9-7-19)29(28(27)32)13-12-18-4-10-21(33-3)11-5-18/h4-11,14-15,25,30H,12-13H2,1-3H3/t25-/m1/s1. The van der Waals surface area contributed by atoms with E-state index < -0.39 is 6.04 Å². The highest BCUT2D eigenvalue weighted by Crippen LogP contribution is 2.39. The Balaban J connectivity index is 1.61. The highest BCUT2D eigenvalue weighted by molar-refractivity contribution is 5.99. The quantitative estimate of drug-likeness (QED) is 0.462. The number of nitrogens with zero attached hydrogens (tertiary/aromatic N) is 1. The van der Waals surface area contributed by atoms with Gasteiger partial charge in [-0.3, -0.25) is 9.59 Å². The van der Waals surface area contributed by atoms with Gasteiger partial charge in [-0.05, 0) is 78.9 Å². The van der Waals surface area contributed by atoms with E-state index in [1.54, 1.807) is 36.3 Å². The number of carbonyl (C=O) groups excluding carboxylic acids is 1. The lowest BCUT2D eigenvalue weighted by Gasteiger charge is -2.25. The minimum absolute atomic E-state index is 0.0913. The van der Waals surface area contributed by atoms with Crippen LogP contribution in [0.25, 0.3) is 11.0 Å². The summed E-state index contributed by atoms with van der Waals surface area (Å²) in [6, 6.07) is 17.4. The van der Waals surface area contributed by atoms with Crippen LogP contribution in [-0.4, -0.2) is 29.6 Å². The van der Waals surface area contributed by atoms with Crippen molar-refractivity contribution in [2.45, 2.75) is 26.3 Å². The normalized spacial score (nSPS) is 15.1. The molecule has 0 saturated heterocycles. The van der Waals surface area contributed by atoms with Gasteiger partial charge in [-0.25, -0.2) is 0 Å². The van der Waals surface area contributed by atoms with Crippen LogP contribution in [0.1, 0.15) is 44.4 Å². The highest BCUT2D eigenvalue weighted by atomic mass is 16.5. The van der Waals surface area contributed by atoms with Gasteiger partial charge >= 0.3 is 0 Å². The Hall–Kier alpha value is -4.06. The zero-order chi connectivity index (χ0) is 24.0. The van der Waals surface area contributed by atoms with Crippen LogP contribution in [-0.2, 0) is 6.42 Å². The van der Waals surface area contributed by atoms with Crippen molar-refractivity contribution in [2.75, 3.05) is 13.7 Å². The molecule has 6 heteroatoms. The Labute approximate surface area is 197 Å². The third-order valence-electron chi connectivity index (χ3n) is 6.59. The molecule has 1 aromatic heterocycles. The monoisotopic (exact) mass is 455 g/mol. The van der Waals surface area contributed by atoms with Crippen LogP contribution in [0.3, 0.4) is 0 Å². The number of benzene rings is 3. The van der Waals surface area contributed by atoms with Crippen LogP contribution < -0.4 is 10.2 Å². The molecule has 34 heavy (non-hydrogen) atoms. The third-order valence-corrected chi connectivity index (χ3v) is 6.59. The van der Waals surface area contributed by atoms with E-state index in [0.717, 1.165) is 28.0 Å². The van der Waals surface area contributed by atoms with E-state index in [2.05, 4.69) is 0 Å². The minimum atomic E-state index is -0.594. The molecule has 0 aliphatic carbocycles. The maximum absolute atomic E-state index is 13.7. The number of phenolic OH excluding ortho intramolecular Hbond substituents is 1. The Bertz CT molecular complexity index is 1450. The van der Waals surface area contributed by atoms with Crippen molar-refractivity contribution in [3.05, 3.63) is 104 Å². The van der Waals surface area contributed by atoms with E-state index in [1.165, 1.54) is 0 Å². The van der Waals surface area contributed by atoms with E-state index in [0.29, 0.717) is 29.5 Å². The number of methoxy groups -OCH3 is 1. The highest BCUT2D eigenvalue weighted by Gasteiger charge is 2.42. The zero-order valence-electron chi connectivity index (χ0n) is 19.3. The molecule has 0 bridgehead atoms. The van der Waals surface area contributed by atoms with Crippen LogP contribution in [0.5, 0.6) is 11.5 Å². The van der Waals surface area contributed by atoms with E-state index in [1.807, 2.05) is 50.2 Å². The maximum atomic E-state index is 13.7. The number of hydrogen-bond donors (Lipinski definition) is 1. The fourth-order valence-corrected chi connectivity index (χ4v) is 4.55. The second-order valence-corrected chi connectivity index (χ2v) is 8.70. The Morgan fingerprint density at radius 3 is 2.32 bits per heavy atom. The van der Waals surface area contributed by atoms with Gasteiger partial charge in [0.25, 0.3) is 5.91 Å². The number of fused-ring (bicyclic) bond motifs is 2. The smallest absolute Gasteiger partial charge is 0.290 e. The Kier molecular flexibility index (Phi) is 5.36. The Morgan fingerprint density at radius 1 is 0.971 bits per heavy atom. The summed E-state index contributed by atoms with van der Waals surface area (Å²) in [5.74, 6) is 0.671. The summed E-state index contributed by atoms with van der Waals surface area (Å²) in [7, 11) is 1.62. The SMILES string of the molecule is COc1ccc(CCN2C(=O)c3oc4cc(C)c(C)cc4c(=O)c3[C@H]2c2ccc(O)cc2)cc1. The molecule has 0 unspecified atom stereocenters. The van der Waals surface area contributed by atoms with E-state index in [4.69, 9.17) is 9.15 Å². The molecule has 0 fully saturated rings. The largest absolute Gasteiger partial charge is 0.508 e. The van der Waals surface area contributed by atoms with Crippen LogP contribution in [0.4, 0.5) is 0 Å². The van der Waals surface area contributed by atoms with Gasteiger partial charge in [0.2, 0.25) is 5.76 Å². The van der Waals surface area contributed by atoms with Crippen LogP contribution in [0, 0.1) is 13.8 Å². The first-order chi connectivity index (χ1) is 16.4. The van der Waals surface area contributed by atoms with E-state index in [9.17, 15) is 14.7 Å². The number of ether oxygens (including phenoxy) is 1. The fraction of sp³-hybridized carbons (Fsp3) is 0.214. The molecule has 1 N–H and O–H groups in total. The van der Waals surface area contributed by atoms with Crippen LogP contribution >= 0.6 is 0 Å².